The van der Waals surface area contributed by atoms with Crippen LogP contribution in [0.5, 0.6) is 5.75 Å². The molecule has 2 rings (SSSR count). The van der Waals surface area contributed by atoms with Gasteiger partial charge < -0.3 is 19.9 Å². The van der Waals surface area contributed by atoms with Crippen LogP contribution in [-0.2, 0) is 4.79 Å². The zero-order chi connectivity index (χ0) is 20.0. The number of carbonyl (C=O) groups is 2. The number of hydrogen-bond acceptors (Lipinski definition) is 3. The van der Waals surface area contributed by atoms with Gasteiger partial charge in [0.05, 0.1) is 6.04 Å². The van der Waals surface area contributed by atoms with Crippen molar-refractivity contribution in [1.82, 2.24) is 9.80 Å². The van der Waals surface area contributed by atoms with Gasteiger partial charge in [-0.2, -0.15) is 0 Å². The number of rotatable bonds is 6. The van der Waals surface area contributed by atoms with Gasteiger partial charge >= 0.3 is 6.03 Å². The van der Waals surface area contributed by atoms with Gasteiger partial charge in [-0.15, -0.1) is 0 Å². The summed E-state index contributed by atoms with van der Waals surface area (Å²) in [4.78, 5) is 27.3. The predicted octanol–water partition coefficient (Wildman–Crippen LogP) is 3.69. The van der Waals surface area contributed by atoms with Crippen molar-refractivity contribution in [3.8, 4) is 5.75 Å². The number of benzene rings is 2. The van der Waals surface area contributed by atoms with E-state index in [-0.39, 0.29) is 24.6 Å². The number of nitrogens with one attached hydrogen (secondary N) is 1. The monoisotopic (exact) mass is 369 g/mol. The number of carbonyl (C=O) groups excluding carboxylic acids is 2. The van der Waals surface area contributed by atoms with Crippen LogP contribution >= 0.6 is 0 Å². The van der Waals surface area contributed by atoms with Crippen LogP contribution in [0.15, 0.2) is 48.5 Å². The van der Waals surface area contributed by atoms with E-state index in [4.69, 9.17) is 4.74 Å². The Morgan fingerprint density at radius 2 is 1.74 bits per heavy atom. The minimum absolute atomic E-state index is 0.0469. The van der Waals surface area contributed by atoms with E-state index < -0.39 is 0 Å². The van der Waals surface area contributed by atoms with Crippen LogP contribution in [0.4, 0.5) is 10.5 Å². The van der Waals surface area contributed by atoms with Crippen molar-refractivity contribution >= 4 is 17.6 Å². The number of ether oxygens (including phenoxy) is 1. The molecule has 6 nitrogen and oxygen atoms in total. The molecule has 0 heterocycles. The van der Waals surface area contributed by atoms with Crippen LogP contribution in [-0.4, -0.2) is 49.5 Å². The van der Waals surface area contributed by atoms with Gasteiger partial charge in [-0.05, 0) is 31.5 Å². The fourth-order valence-corrected chi connectivity index (χ4v) is 2.39. The lowest BCUT2D eigenvalue weighted by Gasteiger charge is -2.25. The number of likely N-dealkylation sites (N-methyl/N-ethyl adjacent to an activating group) is 1. The number of hydrogen-bond donors (Lipinski definition) is 1. The number of aryl methyl sites for hydroxylation is 1. The first-order valence-corrected chi connectivity index (χ1v) is 8.81. The van der Waals surface area contributed by atoms with Gasteiger partial charge in [-0.25, -0.2) is 4.79 Å². The van der Waals surface area contributed by atoms with Crippen molar-refractivity contribution < 1.29 is 14.3 Å². The second-order valence-corrected chi connectivity index (χ2v) is 6.73. The van der Waals surface area contributed by atoms with Crippen molar-refractivity contribution in [2.45, 2.75) is 19.9 Å². The third kappa shape index (κ3) is 5.74. The van der Waals surface area contributed by atoms with E-state index >= 15 is 0 Å². The fourth-order valence-electron chi connectivity index (χ4n) is 2.39. The van der Waals surface area contributed by atoms with Crippen molar-refractivity contribution in [3.05, 3.63) is 59.7 Å². The Bertz CT molecular complexity index is 788. The van der Waals surface area contributed by atoms with Gasteiger partial charge in [-0.1, -0.05) is 35.9 Å². The summed E-state index contributed by atoms with van der Waals surface area (Å²) in [5.74, 6) is 0.397. The van der Waals surface area contributed by atoms with E-state index in [1.165, 1.54) is 10.5 Å². The first kappa shape index (κ1) is 20.3. The minimum Gasteiger partial charge on any atom is -0.484 e. The Kier molecular flexibility index (Phi) is 6.82. The average molecular weight is 369 g/mol. The third-order valence-electron chi connectivity index (χ3n) is 4.41. The molecule has 0 unspecified atom stereocenters. The Hall–Kier alpha value is -3.02. The Balaban J connectivity index is 1.99. The summed E-state index contributed by atoms with van der Waals surface area (Å²) in [6, 6.07) is 14.8. The molecule has 0 aromatic heterocycles. The van der Waals surface area contributed by atoms with E-state index in [0.717, 1.165) is 5.56 Å². The maximum absolute atomic E-state index is 12.6. The summed E-state index contributed by atoms with van der Waals surface area (Å²) in [6.07, 6.45) is 0. The predicted molar refractivity (Wildman–Crippen MR) is 107 cm³/mol. The van der Waals surface area contributed by atoms with Gasteiger partial charge in [0.2, 0.25) is 0 Å². The Labute approximate surface area is 160 Å². The zero-order valence-corrected chi connectivity index (χ0v) is 16.5. The molecule has 3 amide bonds. The van der Waals surface area contributed by atoms with E-state index in [0.29, 0.717) is 11.4 Å². The molecule has 0 fully saturated rings. The summed E-state index contributed by atoms with van der Waals surface area (Å²) >= 11 is 0. The summed E-state index contributed by atoms with van der Waals surface area (Å²) in [5, 5.41) is 2.87. The molecule has 0 aliphatic heterocycles. The van der Waals surface area contributed by atoms with Gasteiger partial charge in [0.1, 0.15) is 5.75 Å². The molecule has 0 radical (unpaired) electrons. The van der Waals surface area contributed by atoms with Crippen LogP contribution in [0.25, 0.3) is 0 Å². The van der Waals surface area contributed by atoms with Gasteiger partial charge in [-0.3, -0.25) is 4.79 Å². The first-order chi connectivity index (χ1) is 12.8. The number of amides is 3. The summed E-state index contributed by atoms with van der Waals surface area (Å²) in [7, 11) is 5.11. The van der Waals surface area contributed by atoms with Gasteiger partial charge in [0.15, 0.2) is 6.61 Å². The zero-order valence-electron chi connectivity index (χ0n) is 16.5. The van der Waals surface area contributed by atoms with Crippen molar-refractivity contribution in [2.24, 2.45) is 0 Å². The first-order valence-electron chi connectivity index (χ1n) is 8.81. The van der Waals surface area contributed by atoms with Crippen LogP contribution in [0, 0.1) is 6.92 Å². The highest BCUT2D eigenvalue weighted by Crippen LogP contribution is 2.22. The highest BCUT2D eigenvalue weighted by atomic mass is 16.5. The molecule has 0 spiro atoms. The SMILES string of the molecule is Cc1ccc([C@H](C)N(C)C(=O)Nc2cccc(OCC(=O)N(C)C)c2)cc1. The second-order valence-electron chi connectivity index (χ2n) is 6.73. The molecule has 0 aliphatic carbocycles. The fraction of sp³-hybridized carbons (Fsp3) is 0.333. The minimum atomic E-state index is -0.218. The molecular weight excluding hydrogens is 342 g/mol. The quantitative estimate of drug-likeness (QED) is 0.845. The van der Waals surface area contributed by atoms with E-state index in [1.54, 1.807) is 50.3 Å². The summed E-state index contributed by atoms with van der Waals surface area (Å²) in [5.41, 5.74) is 2.86. The summed E-state index contributed by atoms with van der Waals surface area (Å²) in [6.45, 7) is 3.97. The summed E-state index contributed by atoms with van der Waals surface area (Å²) < 4.78 is 5.48. The van der Waals surface area contributed by atoms with Crippen LogP contribution < -0.4 is 10.1 Å². The van der Waals surface area contributed by atoms with Crippen LogP contribution in [0.1, 0.15) is 24.1 Å². The lowest BCUT2D eigenvalue weighted by molar-refractivity contribution is -0.130. The highest BCUT2D eigenvalue weighted by Gasteiger charge is 2.17. The van der Waals surface area contributed by atoms with E-state index in [1.807, 2.05) is 38.1 Å². The molecule has 0 bridgehead atoms. The molecule has 2 aromatic carbocycles. The molecule has 1 N–H and O–H groups in total. The molecule has 144 valence electrons. The molecule has 2 aromatic rings. The lowest BCUT2D eigenvalue weighted by Crippen LogP contribution is -2.33. The largest absolute Gasteiger partial charge is 0.484 e. The molecule has 0 saturated carbocycles. The number of anilines is 1. The van der Waals surface area contributed by atoms with Gasteiger partial charge in [0, 0.05) is 32.9 Å². The maximum Gasteiger partial charge on any atom is 0.322 e. The lowest BCUT2D eigenvalue weighted by atomic mass is 10.1. The average Bonchev–Trinajstić information content (AvgIpc) is 2.65. The molecule has 27 heavy (non-hydrogen) atoms. The van der Waals surface area contributed by atoms with Crippen LogP contribution in [0.2, 0.25) is 0 Å². The number of nitrogens with zero attached hydrogens (tertiary/aromatic N) is 2. The Morgan fingerprint density at radius 3 is 2.37 bits per heavy atom. The maximum atomic E-state index is 12.6. The topological polar surface area (TPSA) is 61.9 Å². The smallest absolute Gasteiger partial charge is 0.322 e. The van der Waals surface area contributed by atoms with Gasteiger partial charge in [0.25, 0.3) is 5.91 Å². The molecule has 6 heteroatoms. The van der Waals surface area contributed by atoms with Crippen molar-refractivity contribution in [1.29, 1.82) is 0 Å². The van der Waals surface area contributed by atoms with E-state index in [9.17, 15) is 9.59 Å². The van der Waals surface area contributed by atoms with Crippen molar-refractivity contribution in [3.63, 3.8) is 0 Å². The molecule has 0 saturated heterocycles. The molecule has 1 atom stereocenters. The Morgan fingerprint density at radius 1 is 1.07 bits per heavy atom. The highest BCUT2D eigenvalue weighted by molar-refractivity contribution is 5.89. The normalized spacial score (nSPS) is 11.4. The standard InChI is InChI=1S/C21H27N3O3/c1-15-9-11-17(12-10-15)16(2)24(5)21(26)22-18-7-6-8-19(13-18)27-14-20(25)23(3)4/h6-13,16H,14H2,1-5H3,(H,22,26)/t16-/m0/s1. The second kappa shape index (κ2) is 9.07. The van der Waals surface area contributed by atoms with Crippen molar-refractivity contribution in [2.75, 3.05) is 33.1 Å². The number of urea groups is 1. The van der Waals surface area contributed by atoms with Crippen LogP contribution in [0.3, 0.4) is 0 Å². The molecule has 0 aliphatic rings. The van der Waals surface area contributed by atoms with E-state index in [2.05, 4.69) is 5.32 Å². The molecular formula is C21H27N3O3. The third-order valence-corrected chi connectivity index (χ3v) is 4.41.